The van der Waals surface area contributed by atoms with Crippen molar-refractivity contribution in [3.8, 4) is 0 Å². The van der Waals surface area contributed by atoms with Gasteiger partial charge in [-0.2, -0.15) is 0 Å². The first-order valence-electron chi connectivity index (χ1n) is 10.8. The molecule has 0 unspecified atom stereocenters. The van der Waals surface area contributed by atoms with Crippen LogP contribution in [0.25, 0.3) is 0 Å². The Bertz CT molecular complexity index is 626. The molecule has 0 bridgehead atoms. The fourth-order valence-electron chi connectivity index (χ4n) is 3.91. The van der Waals surface area contributed by atoms with Crippen molar-refractivity contribution in [2.75, 3.05) is 13.2 Å². The van der Waals surface area contributed by atoms with E-state index in [2.05, 4.69) is 11.5 Å². The van der Waals surface area contributed by atoms with E-state index >= 15 is 0 Å². The van der Waals surface area contributed by atoms with Gasteiger partial charge in [0.2, 0.25) is 0 Å². The average molecular weight is 386 g/mol. The lowest BCUT2D eigenvalue weighted by Gasteiger charge is -2.27. The van der Waals surface area contributed by atoms with E-state index in [1.165, 1.54) is 5.70 Å². The number of carbonyl (C=O) groups is 2. The molecule has 154 valence electrons. The molecule has 1 aliphatic heterocycles. The lowest BCUT2D eigenvalue weighted by Crippen LogP contribution is -2.29. The molecule has 4 heteroatoms. The molecule has 0 aliphatic carbocycles. The smallest absolute Gasteiger partial charge is 0.305 e. The Balaban J connectivity index is 1.63. The fourth-order valence-corrected chi connectivity index (χ4v) is 3.91. The molecule has 1 heterocycles. The van der Waals surface area contributed by atoms with Crippen LogP contribution in [0.4, 0.5) is 0 Å². The first-order valence-corrected chi connectivity index (χ1v) is 10.8. The van der Waals surface area contributed by atoms with Crippen molar-refractivity contribution in [3.05, 3.63) is 48.2 Å². The van der Waals surface area contributed by atoms with Crippen LogP contribution in [-0.4, -0.2) is 35.8 Å². The van der Waals surface area contributed by atoms with E-state index < -0.39 is 0 Å². The van der Waals surface area contributed by atoms with Gasteiger partial charge in [-0.1, -0.05) is 49.8 Å². The fraction of sp³-hybridized carbons (Fsp3) is 0.583. The highest BCUT2D eigenvalue weighted by atomic mass is 16.5. The van der Waals surface area contributed by atoms with Crippen LogP contribution in [0, 0.1) is 0 Å². The highest BCUT2D eigenvalue weighted by Gasteiger charge is 2.26. The summed E-state index contributed by atoms with van der Waals surface area (Å²) in [6, 6.07) is 10.4. The number of hydrogen-bond donors (Lipinski definition) is 0. The Morgan fingerprint density at radius 1 is 1.11 bits per heavy atom. The highest BCUT2D eigenvalue weighted by molar-refractivity contribution is 5.80. The van der Waals surface area contributed by atoms with Crippen molar-refractivity contribution in [1.29, 1.82) is 0 Å². The summed E-state index contributed by atoms with van der Waals surface area (Å²) in [7, 11) is 0. The summed E-state index contributed by atoms with van der Waals surface area (Å²) >= 11 is 0. The van der Waals surface area contributed by atoms with Gasteiger partial charge in [0, 0.05) is 37.5 Å². The zero-order chi connectivity index (χ0) is 20.2. The van der Waals surface area contributed by atoms with Gasteiger partial charge in [-0.25, -0.2) is 0 Å². The topological polar surface area (TPSA) is 46.6 Å². The van der Waals surface area contributed by atoms with Crippen LogP contribution in [0.2, 0.25) is 0 Å². The van der Waals surface area contributed by atoms with E-state index in [9.17, 15) is 9.59 Å². The van der Waals surface area contributed by atoms with Crippen LogP contribution in [0.5, 0.6) is 0 Å². The predicted octanol–water partition coefficient (Wildman–Crippen LogP) is 5.07. The van der Waals surface area contributed by atoms with E-state index in [4.69, 9.17) is 4.74 Å². The van der Waals surface area contributed by atoms with E-state index in [1.807, 2.05) is 37.3 Å². The van der Waals surface area contributed by atoms with Crippen molar-refractivity contribution in [3.63, 3.8) is 0 Å². The molecule has 1 aromatic rings. The Morgan fingerprint density at radius 3 is 2.61 bits per heavy atom. The van der Waals surface area contributed by atoms with E-state index in [0.29, 0.717) is 37.7 Å². The van der Waals surface area contributed by atoms with Crippen molar-refractivity contribution >= 4 is 11.8 Å². The normalized spacial score (nSPS) is 16.4. The maximum absolute atomic E-state index is 12.3. The molecule has 28 heavy (non-hydrogen) atoms. The molecule has 1 aromatic carbocycles. The lowest BCUT2D eigenvalue weighted by atomic mass is 10.0. The third-order valence-electron chi connectivity index (χ3n) is 5.45. The van der Waals surface area contributed by atoms with Gasteiger partial charge in [0.25, 0.3) is 0 Å². The molecule has 0 radical (unpaired) electrons. The second-order valence-electron chi connectivity index (χ2n) is 7.66. The summed E-state index contributed by atoms with van der Waals surface area (Å²) in [6.45, 7) is 7.53. The molecule has 0 N–H and O–H groups in total. The van der Waals surface area contributed by atoms with Gasteiger partial charge in [0.15, 0.2) is 0 Å². The van der Waals surface area contributed by atoms with Crippen LogP contribution in [0.3, 0.4) is 0 Å². The monoisotopic (exact) mass is 385 g/mol. The minimum absolute atomic E-state index is 0.0874. The van der Waals surface area contributed by atoms with Gasteiger partial charge in [-0.05, 0) is 44.6 Å². The third-order valence-corrected chi connectivity index (χ3v) is 5.45. The predicted molar refractivity (Wildman–Crippen MR) is 113 cm³/mol. The van der Waals surface area contributed by atoms with Gasteiger partial charge >= 0.3 is 5.97 Å². The van der Waals surface area contributed by atoms with Gasteiger partial charge in [0.1, 0.15) is 5.78 Å². The number of likely N-dealkylation sites (tertiary alicyclic amines) is 1. The highest BCUT2D eigenvalue weighted by Crippen LogP contribution is 2.29. The molecular weight excluding hydrogens is 350 g/mol. The quantitative estimate of drug-likeness (QED) is 0.351. The number of hydrogen-bond acceptors (Lipinski definition) is 4. The molecule has 0 spiro atoms. The third kappa shape index (κ3) is 7.87. The number of allylic oxidation sites excluding steroid dienone is 1. The Kier molecular flexibility index (Phi) is 9.81. The van der Waals surface area contributed by atoms with Crippen molar-refractivity contribution in [2.45, 2.75) is 77.2 Å². The van der Waals surface area contributed by atoms with Crippen molar-refractivity contribution in [1.82, 2.24) is 4.90 Å². The van der Waals surface area contributed by atoms with Gasteiger partial charge in [-0.3, -0.25) is 9.59 Å². The molecule has 0 saturated carbocycles. The number of nitrogens with zero attached hydrogens (tertiary/aromatic N) is 1. The first kappa shape index (κ1) is 22.2. The number of ether oxygens (including phenoxy) is 1. The number of ketones is 1. The SMILES string of the molecule is C=C1CC[C@H](CCC(=O)Cc2ccccc2)N1CCCCCCC(=O)OCC. The molecule has 4 nitrogen and oxygen atoms in total. The number of esters is 1. The number of unbranched alkanes of at least 4 members (excludes halogenated alkanes) is 3. The summed E-state index contributed by atoms with van der Waals surface area (Å²) in [4.78, 5) is 26.1. The lowest BCUT2D eigenvalue weighted by molar-refractivity contribution is -0.143. The minimum atomic E-state index is -0.0874. The molecule has 0 aromatic heterocycles. The summed E-state index contributed by atoms with van der Waals surface area (Å²) < 4.78 is 4.96. The number of carbonyl (C=O) groups excluding carboxylic acids is 2. The molecule has 1 aliphatic rings. The van der Waals surface area contributed by atoms with Crippen LogP contribution in [0.15, 0.2) is 42.6 Å². The van der Waals surface area contributed by atoms with Crippen molar-refractivity contribution in [2.24, 2.45) is 0 Å². The maximum Gasteiger partial charge on any atom is 0.305 e. The van der Waals surface area contributed by atoms with Crippen LogP contribution in [0.1, 0.15) is 70.3 Å². The maximum atomic E-state index is 12.3. The molecule has 1 saturated heterocycles. The molecular formula is C24H35NO3. The zero-order valence-corrected chi connectivity index (χ0v) is 17.3. The number of rotatable bonds is 13. The van der Waals surface area contributed by atoms with Crippen LogP contribution >= 0.6 is 0 Å². The summed E-state index contributed by atoms with van der Waals surface area (Å²) in [6.07, 6.45) is 8.96. The zero-order valence-electron chi connectivity index (χ0n) is 17.3. The van der Waals surface area contributed by atoms with Gasteiger partial charge in [-0.15, -0.1) is 0 Å². The summed E-state index contributed by atoms with van der Waals surface area (Å²) in [5.41, 5.74) is 2.31. The Morgan fingerprint density at radius 2 is 1.86 bits per heavy atom. The molecule has 0 amide bonds. The standard InChI is InChI=1S/C24H35NO3/c1-3-28-24(27)13-9-4-5-10-18-25-20(2)14-15-22(25)16-17-23(26)19-21-11-7-6-8-12-21/h6-8,11-12,22H,2-5,9-10,13-19H2,1H3/t22-/m1/s1. The average Bonchev–Trinajstić information content (AvgIpc) is 3.03. The number of Topliss-reactive ketones (excluding diaryl/α,β-unsaturated/α-hetero) is 1. The molecule has 1 fully saturated rings. The van der Waals surface area contributed by atoms with E-state index in [-0.39, 0.29) is 5.97 Å². The largest absolute Gasteiger partial charge is 0.466 e. The van der Waals surface area contributed by atoms with Crippen LogP contribution < -0.4 is 0 Å². The summed E-state index contributed by atoms with van der Waals surface area (Å²) in [5.74, 6) is 0.235. The van der Waals surface area contributed by atoms with Gasteiger partial charge < -0.3 is 9.64 Å². The minimum Gasteiger partial charge on any atom is -0.466 e. The second kappa shape index (κ2) is 12.4. The number of benzene rings is 1. The molecule has 2 rings (SSSR count). The van der Waals surface area contributed by atoms with Crippen LogP contribution in [-0.2, 0) is 20.7 Å². The van der Waals surface area contributed by atoms with E-state index in [1.54, 1.807) is 0 Å². The van der Waals surface area contributed by atoms with Gasteiger partial charge in [0.05, 0.1) is 6.61 Å². The first-order chi connectivity index (χ1) is 13.6. The van der Waals surface area contributed by atoms with E-state index in [0.717, 1.165) is 57.1 Å². The Hall–Kier alpha value is -2.10. The molecule has 1 atom stereocenters. The second-order valence-corrected chi connectivity index (χ2v) is 7.66. The summed E-state index contributed by atoms with van der Waals surface area (Å²) in [5, 5.41) is 0. The van der Waals surface area contributed by atoms with Crippen molar-refractivity contribution < 1.29 is 14.3 Å². The Labute approximate surface area is 170 Å².